The minimum absolute atomic E-state index is 0.364. The smallest absolute Gasteiger partial charge is 0.495 e. The van der Waals surface area contributed by atoms with E-state index in [-0.39, 0.29) is 0 Å². The first-order valence-corrected chi connectivity index (χ1v) is 15.7. The molecular weight excluding hydrogens is 585 g/mol. The van der Waals surface area contributed by atoms with E-state index in [1.54, 1.807) is 26.2 Å². The summed E-state index contributed by atoms with van der Waals surface area (Å²) in [4.78, 5) is 11.9. The lowest BCUT2D eigenvalue weighted by molar-refractivity contribution is -0.130. The summed E-state index contributed by atoms with van der Waals surface area (Å²) < 4.78 is 26.3. The molecule has 0 amide bonds. The molecule has 7 heteroatoms. The third kappa shape index (κ3) is 5.31. The van der Waals surface area contributed by atoms with Crippen LogP contribution in [0.25, 0.3) is 38.6 Å². The third-order valence-electron chi connectivity index (χ3n) is 9.38. The molecule has 234 valence electrons. The molecule has 47 heavy (non-hydrogen) atoms. The number of fused-ring (bicyclic) bond motifs is 3. The Labute approximate surface area is 275 Å². The van der Waals surface area contributed by atoms with Crippen LogP contribution in [0.1, 0.15) is 33.3 Å². The van der Waals surface area contributed by atoms with Crippen LogP contribution in [0.15, 0.2) is 127 Å². The van der Waals surface area contributed by atoms with Crippen LogP contribution in [0, 0.1) is 0 Å². The van der Waals surface area contributed by atoms with E-state index in [2.05, 4.69) is 98.6 Å². The molecule has 1 aromatic heterocycles. The lowest BCUT2D eigenvalue weighted by Crippen LogP contribution is -2.42. The Balaban J connectivity index is 1.23. The first kappa shape index (κ1) is 30.5. The number of rotatable bonds is 7. The maximum atomic E-state index is 11.9. The predicted octanol–water partition coefficient (Wildman–Crippen LogP) is 8.38. The molecule has 6 nitrogen and oxygen atoms in total. The number of hydrogen-bond acceptors (Lipinski definition) is 5. The molecule has 1 atom stereocenters. The molecule has 1 fully saturated rings. The minimum Gasteiger partial charge on any atom is -0.497 e. The Bertz CT molecular complexity index is 2130. The van der Waals surface area contributed by atoms with Crippen molar-refractivity contribution in [1.82, 2.24) is 4.57 Å². The number of benzene rings is 5. The van der Waals surface area contributed by atoms with Gasteiger partial charge in [-0.2, -0.15) is 0 Å². The second-order valence-corrected chi connectivity index (χ2v) is 12.7. The third-order valence-corrected chi connectivity index (χ3v) is 9.38. The molecule has 0 N–H and O–H groups in total. The van der Waals surface area contributed by atoms with E-state index in [0.717, 1.165) is 50.0 Å². The van der Waals surface area contributed by atoms with Gasteiger partial charge in [0, 0.05) is 22.0 Å². The number of methoxy groups -OCH3 is 1. The van der Waals surface area contributed by atoms with Crippen molar-refractivity contribution in [3.8, 4) is 28.3 Å². The van der Waals surface area contributed by atoms with Crippen molar-refractivity contribution in [2.24, 2.45) is 0 Å². The van der Waals surface area contributed by atoms with Crippen molar-refractivity contribution < 1.29 is 23.6 Å². The van der Waals surface area contributed by atoms with Crippen molar-refractivity contribution >= 4 is 40.4 Å². The molecule has 1 aliphatic rings. The molecule has 1 saturated heterocycles. The molecule has 0 bridgehead atoms. The van der Waals surface area contributed by atoms with Gasteiger partial charge in [-0.15, -0.1) is 0 Å². The van der Waals surface area contributed by atoms with Crippen LogP contribution in [-0.2, 0) is 19.7 Å². The Morgan fingerprint density at radius 3 is 2.02 bits per heavy atom. The summed E-state index contributed by atoms with van der Waals surface area (Å²) in [5, 5.41) is 2.32. The van der Waals surface area contributed by atoms with Crippen LogP contribution in [0.5, 0.6) is 11.5 Å². The molecule has 2 heterocycles. The fraction of sp³-hybridized carbons (Fsp3) is 0.175. The number of ether oxygens (including phenoxy) is 2. The topological polar surface area (TPSA) is 58.9 Å². The lowest BCUT2D eigenvalue weighted by atomic mass is 9.79. The number of carbonyl (C=O) groups excluding carboxylic acids is 1. The van der Waals surface area contributed by atoms with Crippen molar-refractivity contribution in [2.75, 3.05) is 7.11 Å². The van der Waals surface area contributed by atoms with Gasteiger partial charge in [-0.05, 0) is 104 Å². The maximum absolute atomic E-state index is 11.9. The second-order valence-electron chi connectivity index (χ2n) is 12.7. The van der Waals surface area contributed by atoms with Crippen molar-refractivity contribution in [1.29, 1.82) is 0 Å². The maximum Gasteiger partial charge on any atom is 0.495 e. The van der Waals surface area contributed by atoms with E-state index in [0.29, 0.717) is 11.3 Å². The molecule has 1 unspecified atom stereocenters. The molecule has 0 aliphatic carbocycles. The van der Waals surface area contributed by atoms with Crippen LogP contribution in [0.3, 0.4) is 0 Å². The van der Waals surface area contributed by atoms with Gasteiger partial charge in [-0.3, -0.25) is 0 Å². The fourth-order valence-corrected chi connectivity index (χ4v) is 6.33. The molecule has 1 aliphatic heterocycles. The highest BCUT2D eigenvalue weighted by Gasteiger charge is 2.55. The highest BCUT2D eigenvalue weighted by Crippen LogP contribution is 2.46. The molecule has 0 saturated carbocycles. The van der Waals surface area contributed by atoms with E-state index in [4.69, 9.17) is 18.8 Å². The molecule has 6 aromatic rings. The number of nitrogens with zero attached hydrogens (tertiary/aromatic N) is 1. The zero-order valence-electron chi connectivity index (χ0n) is 27.2. The summed E-state index contributed by atoms with van der Waals surface area (Å²) >= 11 is 0. The van der Waals surface area contributed by atoms with Gasteiger partial charge in [0.25, 0.3) is 0 Å². The second kappa shape index (κ2) is 11.6. The number of carbonyl (C=O) groups is 1. The summed E-state index contributed by atoms with van der Waals surface area (Å²) in [6, 6.07) is 39.0. The molecule has 5 aromatic carbocycles. The van der Waals surface area contributed by atoms with Gasteiger partial charge < -0.3 is 23.3 Å². The average Bonchev–Trinajstić information content (AvgIpc) is 3.55. The molecule has 0 radical (unpaired) electrons. The van der Waals surface area contributed by atoms with E-state index in [1.807, 2.05) is 36.4 Å². The summed E-state index contributed by atoms with van der Waals surface area (Å²) in [6.07, 6.45) is 0. The van der Waals surface area contributed by atoms with E-state index in [1.165, 1.54) is 5.39 Å². The quantitative estimate of drug-likeness (QED) is 0.0776. The Kier molecular flexibility index (Phi) is 7.54. The highest BCUT2D eigenvalue weighted by molar-refractivity contribution is 6.62. The van der Waals surface area contributed by atoms with Gasteiger partial charge in [-0.25, -0.2) is 4.79 Å². The Morgan fingerprint density at radius 1 is 0.745 bits per heavy atom. The van der Waals surface area contributed by atoms with Crippen molar-refractivity contribution in [2.45, 2.75) is 38.9 Å². The molecule has 0 spiro atoms. The van der Waals surface area contributed by atoms with Crippen LogP contribution < -0.4 is 14.9 Å². The lowest BCUT2D eigenvalue weighted by Gasteiger charge is -2.37. The van der Waals surface area contributed by atoms with Gasteiger partial charge in [-0.1, -0.05) is 67.2 Å². The first-order valence-electron chi connectivity index (χ1n) is 15.7. The zero-order valence-corrected chi connectivity index (χ0v) is 27.2. The monoisotopic (exact) mass is 621 g/mol. The van der Waals surface area contributed by atoms with Gasteiger partial charge in [0.1, 0.15) is 17.1 Å². The van der Waals surface area contributed by atoms with E-state index >= 15 is 0 Å². The largest absolute Gasteiger partial charge is 0.497 e. The van der Waals surface area contributed by atoms with Crippen LogP contribution in [0.2, 0.25) is 0 Å². The molecular formula is C40H36BNO5. The van der Waals surface area contributed by atoms with E-state index in [9.17, 15) is 4.79 Å². The SMILES string of the molecule is C=C(C)C(=O)Oc1ccc(-c2ccc(-n3c4ccccc4c4cc(C5(C)OB(c6ccc(OC)cc6)OC5(C)C)ccc43)cc2)cc1. The van der Waals surface area contributed by atoms with Crippen LogP contribution in [-0.4, -0.2) is 30.4 Å². The summed E-state index contributed by atoms with van der Waals surface area (Å²) in [7, 11) is 1.16. The van der Waals surface area contributed by atoms with Gasteiger partial charge in [0.15, 0.2) is 0 Å². The summed E-state index contributed by atoms with van der Waals surface area (Å²) in [5.74, 6) is 0.855. The van der Waals surface area contributed by atoms with E-state index < -0.39 is 24.3 Å². The zero-order chi connectivity index (χ0) is 32.9. The fourth-order valence-electron chi connectivity index (χ4n) is 6.33. The van der Waals surface area contributed by atoms with Crippen molar-refractivity contribution in [3.05, 3.63) is 133 Å². The van der Waals surface area contributed by atoms with Crippen LogP contribution in [0.4, 0.5) is 0 Å². The Hall–Kier alpha value is -5.11. The summed E-state index contributed by atoms with van der Waals surface area (Å²) in [5.41, 5.74) is 6.47. The van der Waals surface area contributed by atoms with Gasteiger partial charge >= 0.3 is 13.1 Å². The first-order chi connectivity index (χ1) is 22.6. The van der Waals surface area contributed by atoms with Gasteiger partial charge in [0.2, 0.25) is 0 Å². The highest BCUT2D eigenvalue weighted by atomic mass is 16.7. The molecule has 7 rings (SSSR count). The van der Waals surface area contributed by atoms with Crippen molar-refractivity contribution in [3.63, 3.8) is 0 Å². The number of para-hydroxylation sites is 1. The summed E-state index contributed by atoms with van der Waals surface area (Å²) in [6.45, 7) is 11.6. The predicted molar refractivity (Wildman–Crippen MR) is 189 cm³/mol. The number of hydrogen-bond donors (Lipinski definition) is 0. The average molecular weight is 622 g/mol. The van der Waals surface area contributed by atoms with Gasteiger partial charge in [0.05, 0.1) is 23.7 Å². The minimum atomic E-state index is -0.699. The standard InChI is InChI=1S/C40H36BNO5/c1-26(2)38(43)45-33-20-13-28(14-21-33)27-11-18-31(19-12-27)42-36-10-8-7-9-34(36)35-25-29(15-24-37(35)42)40(5)39(3,4)46-41(47-40)30-16-22-32(44-6)23-17-30/h7-25H,1H2,2-6H3. The number of aromatic nitrogens is 1. The Morgan fingerprint density at radius 2 is 1.36 bits per heavy atom. The normalized spacial score (nSPS) is 17.3. The number of esters is 1. The van der Waals surface area contributed by atoms with Crippen LogP contribution >= 0.6 is 0 Å².